The third-order valence-electron chi connectivity index (χ3n) is 4.48. The molecule has 13 heteroatoms. The Morgan fingerprint density at radius 1 is 1.29 bits per heavy atom. The second-order valence-corrected chi connectivity index (χ2v) is 8.14. The molecule has 2 N–H and O–H groups in total. The van der Waals surface area contributed by atoms with Crippen molar-refractivity contribution in [3.8, 4) is 17.2 Å². The summed E-state index contributed by atoms with van der Waals surface area (Å²) < 4.78 is 10.2. The topological polar surface area (TPSA) is 148 Å². The molecule has 0 aromatic heterocycles. The number of anilines is 1. The molecule has 0 bridgehead atoms. The highest BCUT2D eigenvalue weighted by Crippen LogP contribution is 2.39. The maximum Gasteiger partial charge on any atom is 0.315 e. The van der Waals surface area contributed by atoms with E-state index in [4.69, 9.17) is 21.1 Å². The van der Waals surface area contributed by atoms with Crippen LogP contribution in [-0.4, -0.2) is 52.2 Å². The van der Waals surface area contributed by atoms with E-state index in [1.807, 2.05) is 0 Å². The van der Waals surface area contributed by atoms with Crippen molar-refractivity contribution in [3.63, 3.8) is 0 Å². The van der Waals surface area contributed by atoms with Gasteiger partial charge in [-0.25, -0.2) is 0 Å². The molecule has 0 radical (unpaired) electrons. The minimum Gasteiger partial charge on any atom is -0.500 e. The molecule has 3 rings (SSSR count). The van der Waals surface area contributed by atoms with Gasteiger partial charge in [0.15, 0.2) is 5.75 Å². The van der Waals surface area contributed by atoms with Crippen LogP contribution in [0.2, 0.25) is 5.02 Å². The van der Waals surface area contributed by atoms with Crippen molar-refractivity contribution in [2.75, 3.05) is 25.6 Å². The molecule has 0 unspecified atom stereocenters. The number of nitro benzene ring substituents is 1. The summed E-state index contributed by atoms with van der Waals surface area (Å²) in [6.07, 6.45) is 1.25. The first-order chi connectivity index (χ1) is 16.1. The zero-order chi connectivity index (χ0) is 25.0. The molecule has 2 aromatic rings. The molecule has 0 aliphatic carbocycles. The van der Waals surface area contributed by atoms with Crippen molar-refractivity contribution in [1.29, 1.82) is 0 Å². The van der Waals surface area contributed by atoms with Gasteiger partial charge in [0.05, 0.1) is 28.6 Å². The molecule has 34 heavy (non-hydrogen) atoms. The zero-order valence-corrected chi connectivity index (χ0v) is 19.4. The molecule has 0 spiro atoms. The van der Waals surface area contributed by atoms with E-state index in [2.05, 4.69) is 5.32 Å². The molecule has 1 saturated heterocycles. The molecule has 2 aromatic carbocycles. The lowest BCUT2D eigenvalue weighted by molar-refractivity contribution is -0.386. The van der Waals surface area contributed by atoms with Crippen LogP contribution in [0.3, 0.4) is 0 Å². The molecule has 1 heterocycles. The first-order valence-corrected chi connectivity index (χ1v) is 10.9. The Hall–Kier alpha value is -3.77. The van der Waals surface area contributed by atoms with Gasteiger partial charge in [-0.3, -0.25) is 29.4 Å². The average Bonchev–Trinajstić information content (AvgIpc) is 3.03. The van der Waals surface area contributed by atoms with Gasteiger partial charge in [0.1, 0.15) is 12.3 Å². The first-order valence-electron chi connectivity index (χ1n) is 9.67. The number of imide groups is 1. The highest BCUT2D eigenvalue weighted by molar-refractivity contribution is 8.18. The van der Waals surface area contributed by atoms with E-state index in [-0.39, 0.29) is 27.8 Å². The number of halogens is 1. The SMILES string of the molecule is CCOc1cc(/C=C2\SC(=O)N(CC(=O)Nc3ccc(OC)c(Cl)c3)C2=O)cc([N+](=O)[O-])c1O. The number of amides is 3. The van der Waals surface area contributed by atoms with E-state index >= 15 is 0 Å². The number of phenols is 1. The number of thioether (sulfide) groups is 1. The fourth-order valence-corrected chi connectivity index (χ4v) is 4.07. The van der Waals surface area contributed by atoms with Gasteiger partial charge >= 0.3 is 5.69 Å². The summed E-state index contributed by atoms with van der Waals surface area (Å²) in [5.74, 6) is -1.75. The van der Waals surface area contributed by atoms with E-state index in [0.717, 1.165) is 11.0 Å². The molecule has 0 saturated carbocycles. The number of methoxy groups -OCH3 is 1. The molecule has 1 fully saturated rings. The Labute approximate surface area is 202 Å². The maximum absolute atomic E-state index is 12.7. The molecular formula is C21H18ClN3O8S. The Bertz CT molecular complexity index is 1220. The molecule has 178 valence electrons. The lowest BCUT2D eigenvalue weighted by atomic mass is 10.1. The van der Waals surface area contributed by atoms with Crippen molar-refractivity contribution in [2.45, 2.75) is 6.92 Å². The highest BCUT2D eigenvalue weighted by atomic mass is 35.5. The Morgan fingerprint density at radius 2 is 2.03 bits per heavy atom. The Balaban J connectivity index is 1.78. The van der Waals surface area contributed by atoms with Gasteiger partial charge in [0.25, 0.3) is 11.1 Å². The molecule has 3 amide bonds. The molecule has 11 nitrogen and oxygen atoms in total. The smallest absolute Gasteiger partial charge is 0.315 e. The third-order valence-corrected chi connectivity index (χ3v) is 5.69. The van der Waals surface area contributed by atoms with Crippen LogP contribution >= 0.6 is 23.4 Å². The van der Waals surface area contributed by atoms with Crippen molar-refractivity contribution >= 4 is 57.9 Å². The summed E-state index contributed by atoms with van der Waals surface area (Å²) in [7, 11) is 1.45. The van der Waals surface area contributed by atoms with Gasteiger partial charge in [-0.2, -0.15) is 0 Å². The number of rotatable bonds is 8. The van der Waals surface area contributed by atoms with Crippen molar-refractivity contribution in [2.24, 2.45) is 0 Å². The number of nitrogens with zero attached hydrogens (tertiary/aromatic N) is 2. The fourth-order valence-electron chi connectivity index (χ4n) is 2.98. The maximum atomic E-state index is 12.7. The van der Waals surface area contributed by atoms with Crippen LogP contribution in [0.5, 0.6) is 17.2 Å². The number of carbonyl (C=O) groups excluding carboxylic acids is 3. The van der Waals surface area contributed by atoms with Gasteiger partial charge < -0.3 is 19.9 Å². The number of aromatic hydroxyl groups is 1. The highest BCUT2D eigenvalue weighted by Gasteiger charge is 2.36. The van der Waals surface area contributed by atoms with E-state index in [9.17, 15) is 29.6 Å². The van der Waals surface area contributed by atoms with Crippen molar-refractivity contribution in [3.05, 3.63) is 55.9 Å². The van der Waals surface area contributed by atoms with Crippen LogP contribution < -0.4 is 14.8 Å². The molecule has 0 atom stereocenters. The second kappa shape index (κ2) is 10.4. The Kier molecular flexibility index (Phi) is 7.64. The monoisotopic (exact) mass is 507 g/mol. The van der Waals surface area contributed by atoms with Crippen LogP contribution in [0, 0.1) is 10.1 Å². The van der Waals surface area contributed by atoms with Crippen LogP contribution in [0.1, 0.15) is 12.5 Å². The van der Waals surface area contributed by atoms with Gasteiger partial charge in [-0.15, -0.1) is 0 Å². The molecular weight excluding hydrogens is 490 g/mol. The van der Waals surface area contributed by atoms with E-state index in [1.54, 1.807) is 19.1 Å². The molecule has 1 aliphatic rings. The van der Waals surface area contributed by atoms with Gasteiger partial charge in [-0.05, 0) is 54.6 Å². The number of hydrogen-bond acceptors (Lipinski definition) is 9. The number of nitrogens with one attached hydrogen (secondary N) is 1. The van der Waals surface area contributed by atoms with E-state index < -0.39 is 40.0 Å². The lowest BCUT2D eigenvalue weighted by Gasteiger charge is -2.13. The minimum atomic E-state index is -0.795. The first kappa shape index (κ1) is 24.9. The lowest BCUT2D eigenvalue weighted by Crippen LogP contribution is -2.36. The summed E-state index contributed by atoms with van der Waals surface area (Å²) in [5, 5.41) is 23.4. The van der Waals surface area contributed by atoms with Crippen molar-refractivity contribution in [1.82, 2.24) is 4.90 Å². The van der Waals surface area contributed by atoms with E-state index in [1.165, 1.54) is 25.3 Å². The summed E-state index contributed by atoms with van der Waals surface area (Å²) in [6, 6.07) is 6.91. The minimum absolute atomic E-state index is 0.0484. The standard InChI is InChI=1S/C21H18ClN3O8S/c1-3-33-16-7-11(6-14(19(16)27)25(30)31)8-17-20(28)24(21(29)34-17)10-18(26)23-12-4-5-15(32-2)13(22)9-12/h4-9,27H,3,10H2,1-2H3,(H,23,26)/b17-8-. The van der Waals surface area contributed by atoms with Gasteiger partial charge in [0, 0.05) is 11.8 Å². The van der Waals surface area contributed by atoms with Crippen LogP contribution in [0.4, 0.5) is 16.2 Å². The summed E-state index contributed by atoms with van der Waals surface area (Å²) >= 11 is 6.60. The van der Waals surface area contributed by atoms with Crippen molar-refractivity contribution < 1.29 is 33.9 Å². The second-order valence-electron chi connectivity index (χ2n) is 6.74. The summed E-state index contributed by atoms with van der Waals surface area (Å²) in [5.41, 5.74) is -0.108. The zero-order valence-electron chi connectivity index (χ0n) is 17.9. The summed E-state index contributed by atoms with van der Waals surface area (Å²) in [4.78, 5) is 48.6. The predicted octanol–water partition coefficient (Wildman–Crippen LogP) is 4.04. The number of ether oxygens (including phenoxy) is 2. The molecule has 1 aliphatic heterocycles. The Morgan fingerprint density at radius 3 is 2.65 bits per heavy atom. The number of hydrogen-bond donors (Lipinski definition) is 2. The van der Waals surface area contributed by atoms with Gasteiger partial charge in [-0.1, -0.05) is 11.6 Å². The normalized spacial score (nSPS) is 14.4. The number of nitro groups is 1. The largest absolute Gasteiger partial charge is 0.500 e. The summed E-state index contributed by atoms with van der Waals surface area (Å²) in [6.45, 7) is 1.22. The average molecular weight is 508 g/mol. The number of benzene rings is 2. The van der Waals surface area contributed by atoms with Crippen LogP contribution in [0.15, 0.2) is 35.2 Å². The van der Waals surface area contributed by atoms with Crippen LogP contribution in [0.25, 0.3) is 6.08 Å². The van der Waals surface area contributed by atoms with Gasteiger partial charge in [0.2, 0.25) is 11.7 Å². The van der Waals surface area contributed by atoms with E-state index in [0.29, 0.717) is 23.2 Å². The fraction of sp³-hybridized carbons (Fsp3) is 0.190. The van der Waals surface area contributed by atoms with Crippen LogP contribution in [-0.2, 0) is 9.59 Å². The predicted molar refractivity (Wildman–Crippen MR) is 125 cm³/mol. The third kappa shape index (κ3) is 5.41. The number of carbonyl (C=O) groups is 3. The number of phenolic OH excluding ortho intramolecular Hbond substituents is 1. The quantitative estimate of drug-likeness (QED) is 0.306.